The largest absolute Gasteiger partial charge is 0.486 e. The number of carbonyl (C=O) groups excluding carboxylic acids is 1. The number of ether oxygens (including phenoxy) is 1. The van der Waals surface area contributed by atoms with Crippen molar-refractivity contribution >= 4 is 6.29 Å². The first kappa shape index (κ1) is 15.8. The highest BCUT2D eigenvalue weighted by Gasteiger charge is 2.16. The molecule has 1 atom stereocenters. The fourth-order valence-electron chi connectivity index (χ4n) is 3.37. The van der Waals surface area contributed by atoms with Crippen LogP contribution in [0.15, 0.2) is 48.5 Å². The van der Waals surface area contributed by atoms with E-state index in [0.29, 0.717) is 5.56 Å². The van der Waals surface area contributed by atoms with Crippen LogP contribution in [-0.4, -0.2) is 6.29 Å². The fraction of sp³-hybridized carbons (Fsp3) is 0.381. The lowest BCUT2D eigenvalue weighted by atomic mass is 9.84. The standard InChI is InChI=1S/C21H24O2/c1-16(23-21-13-7-17(15-22)8-14-21)18-9-11-20(12-10-18)19-5-3-2-4-6-19/h7-16,19H,2-6H2,1H3. The molecule has 0 N–H and O–H groups in total. The quantitative estimate of drug-likeness (QED) is 0.663. The minimum absolute atomic E-state index is 0.00233. The van der Waals surface area contributed by atoms with E-state index in [1.807, 2.05) is 12.1 Å². The van der Waals surface area contributed by atoms with Gasteiger partial charge in [0.1, 0.15) is 18.1 Å². The molecule has 2 nitrogen and oxygen atoms in total. The molecule has 2 aromatic carbocycles. The van der Waals surface area contributed by atoms with E-state index in [0.717, 1.165) is 18.0 Å². The van der Waals surface area contributed by atoms with Gasteiger partial charge in [-0.1, -0.05) is 43.5 Å². The third-order valence-corrected chi connectivity index (χ3v) is 4.81. The van der Waals surface area contributed by atoms with Crippen molar-refractivity contribution in [2.24, 2.45) is 0 Å². The van der Waals surface area contributed by atoms with Crippen molar-refractivity contribution in [2.45, 2.75) is 51.0 Å². The second kappa shape index (κ2) is 7.45. The Labute approximate surface area is 138 Å². The molecule has 0 aromatic heterocycles. The van der Waals surface area contributed by atoms with Crippen LogP contribution in [0.3, 0.4) is 0 Å². The summed E-state index contributed by atoms with van der Waals surface area (Å²) in [5.74, 6) is 1.53. The molecule has 0 heterocycles. The number of carbonyl (C=O) groups is 1. The Morgan fingerprint density at radius 3 is 2.22 bits per heavy atom. The minimum Gasteiger partial charge on any atom is -0.486 e. The first-order chi connectivity index (χ1) is 11.3. The van der Waals surface area contributed by atoms with Crippen molar-refractivity contribution in [1.29, 1.82) is 0 Å². The molecule has 1 fully saturated rings. The second-order valence-electron chi connectivity index (χ2n) is 6.45. The molecule has 0 amide bonds. The summed E-state index contributed by atoms with van der Waals surface area (Å²) in [7, 11) is 0. The van der Waals surface area contributed by atoms with Crippen LogP contribution < -0.4 is 4.74 Å². The van der Waals surface area contributed by atoms with Gasteiger partial charge in [-0.3, -0.25) is 4.79 Å². The van der Waals surface area contributed by atoms with Crippen LogP contribution in [0.4, 0.5) is 0 Å². The van der Waals surface area contributed by atoms with Gasteiger partial charge in [-0.25, -0.2) is 0 Å². The summed E-state index contributed by atoms with van der Waals surface area (Å²) < 4.78 is 5.97. The van der Waals surface area contributed by atoms with Crippen molar-refractivity contribution in [1.82, 2.24) is 0 Å². The lowest BCUT2D eigenvalue weighted by molar-refractivity contribution is 0.112. The zero-order valence-electron chi connectivity index (χ0n) is 13.7. The molecule has 1 saturated carbocycles. The third-order valence-electron chi connectivity index (χ3n) is 4.81. The zero-order valence-corrected chi connectivity index (χ0v) is 13.7. The molecule has 2 aromatic rings. The summed E-state index contributed by atoms with van der Waals surface area (Å²) in [4.78, 5) is 10.7. The Balaban J connectivity index is 1.64. The van der Waals surface area contributed by atoms with E-state index >= 15 is 0 Å². The number of rotatable bonds is 5. The Bertz CT molecular complexity index is 622. The zero-order chi connectivity index (χ0) is 16.1. The third kappa shape index (κ3) is 4.01. The number of benzene rings is 2. The molecular formula is C21H24O2. The smallest absolute Gasteiger partial charge is 0.150 e. The monoisotopic (exact) mass is 308 g/mol. The molecule has 0 spiro atoms. The molecule has 0 aliphatic heterocycles. The summed E-state index contributed by atoms with van der Waals surface area (Å²) in [5, 5.41) is 0. The predicted molar refractivity (Wildman–Crippen MR) is 93.1 cm³/mol. The van der Waals surface area contributed by atoms with E-state index in [1.165, 1.54) is 43.2 Å². The van der Waals surface area contributed by atoms with Crippen LogP contribution in [-0.2, 0) is 0 Å². The van der Waals surface area contributed by atoms with Gasteiger partial charge in [-0.2, -0.15) is 0 Å². The average Bonchev–Trinajstić information content (AvgIpc) is 2.63. The highest BCUT2D eigenvalue weighted by molar-refractivity contribution is 5.74. The molecular weight excluding hydrogens is 284 g/mol. The van der Waals surface area contributed by atoms with Gasteiger partial charge in [0.15, 0.2) is 0 Å². The lowest BCUT2D eigenvalue weighted by Gasteiger charge is -2.22. The van der Waals surface area contributed by atoms with Gasteiger partial charge < -0.3 is 4.74 Å². The van der Waals surface area contributed by atoms with Gasteiger partial charge in [-0.05, 0) is 61.1 Å². The van der Waals surface area contributed by atoms with E-state index in [1.54, 1.807) is 12.1 Å². The van der Waals surface area contributed by atoms with Crippen LogP contribution in [0.2, 0.25) is 0 Å². The van der Waals surface area contributed by atoms with E-state index in [4.69, 9.17) is 4.74 Å². The maximum absolute atomic E-state index is 10.7. The SMILES string of the molecule is CC(Oc1ccc(C=O)cc1)c1ccc(C2CCCCC2)cc1. The predicted octanol–water partition coefficient (Wildman–Crippen LogP) is 5.69. The Hall–Kier alpha value is -2.09. The first-order valence-electron chi connectivity index (χ1n) is 8.58. The van der Waals surface area contributed by atoms with Crippen LogP contribution in [0.5, 0.6) is 5.75 Å². The van der Waals surface area contributed by atoms with E-state index in [9.17, 15) is 4.79 Å². The molecule has 0 saturated heterocycles. The number of aldehydes is 1. The highest BCUT2D eigenvalue weighted by atomic mass is 16.5. The molecule has 2 heteroatoms. The van der Waals surface area contributed by atoms with E-state index in [-0.39, 0.29) is 6.10 Å². The topological polar surface area (TPSA) is 26.3 Å². The van der Waals surface area contributed by atoms with E-state index < -0.39 is 0 Å². The normalized spacial score (nSPS) is 16.7. The van der Waals surface area contributed by atoms with Crippen molar-refractivity contribution in [3.8, 4) is 5.75 Å². The van der Waals surface area contributed by atoms with Crippen molar-refractivity contribution in [3.63, 3.8) is 0 Å². The Morgan fingerprint density at radius 2 is 1.61 bits per heavy atom. The highest BCUT2D eigenvalue weighted by Crippen LogP contribution is 2.33. The molecule has 0 bridgehead atoms. The fourth-order valence-corrected chi connectivity index (χ4v) is 3.37. The summed E-state index contributed by atoms with van der Waals surface area (Å²) in [6, 6.07) is 16.2. The van der Waals surface area contributed by atoms with Crippen LogP contribution in [0.25, 0.3) is 0 Å². The molecule has 3 rings (SSSR count). The summed E-state index contributed by atoms with van der Waals surface area (Å²) >= 11 is 0. The number of hydrogen-bond acceptors (Lipinski definition) is 2. The van der Waals surface area contributed by atoms with Gasteiger partial charge in [0.05, 0.1) is 0 Å². The van der Waals surface area contributed by atoms with Crippen LogP contribution in [0.1, 0.15) is 72.5 Å². The minimum atomic E-state index is -0.00233. The first-order valence-corrected chi connectivity index (χ1v) is 8.58. The average molecular weight is 308 g/mol. The Kier molecular flexibility index (Phi) is 5.12. The van der Waals surface area contributed by atoms with Gasteiger partial charge >= 0.3 is 0 Å². The molecule has 1 aliphatic carbocycles. The Morgan fingerprint density at radius 1 is 0.957 bits per heavy atom. The van der Waals surface area contributed by atoms with Crippen molar-refractivity contribution in [3.05, 3.63) is 65.2 Å². The molecule has 1 aliphatic rings. The van der Waals surface area contributed by atoms with Crippen LogP contribution in [0, 0.1) is 0 Å². The van der Waals surface area contributed by atoms with E-state index in [2.05, 4.69) is 31.2 Å². The van der Waals surface area contributed by atoms with Gasteiger partial charge in [0, 0.05) is 5.56 Å². The van der Waals surface area contributed by atoms with Gasteiger partial charge in [-0.15, -0.1) is 0 Å². The molecule has 1 unspecified atom stereocenters. The van der Waals surface area contributed by atoms with Gasteiger partial charge in [0.25, 0.3) is 0 Å². The van der Waals surface area contributed by atoms with Crippen molar-refractivity contribution < 1.29 is 9.53 Å². The maximum atomic E-state index is 10.7. The van der Waals surface area contributed by atoms with Crippen molar-refractivity contribution in [2.75, 3.05) is 0 Å². The molecule has 23 heavy (non-hydrogen) atoms. The lowest BCUT2D eigenvalue weighted by Crippen LogP contribution is -2.06. The number of hydrogen-bond donors (Lipinski definition) is 0. The summed E-state index contributed by atoms with van der Waals surface area (Å²) in [6.45, 7) is 2.06. The van der Waals surface area contributed by atoms with Gasteiger partial charge in [0.2, 0.25) is 0 Å². The second-order valence-corrected chi connectivity index (χ2v) is 6.45. The maximum Gasteiger partial charge on any atom is 0.150 e. The summed E-state index contributed by atoms with van der Waals surface area (Å²) in [6.07, 6.45) is 7.62. The molecule has 120 valence electrons. The summed E-state index contributed by atoms with van der Waals surface area (Å²) in [5.41, 5.74) is 3.32. The van der Waals surface area contributed by atoms with Crippen LogP contribution >= 0.6 is 0 Å². The molecule has 0 radical (unpaired) electrons.